The van der Waals surface area contributed by atoms with Crippen LogP contribution in [0.25, 0.3) is 16.5 Å². The van der Waals surface area contributed by atoms with Crippen LogP contribution in [0.4, 0.5) is 10.1 Å². The number of aromatic nitrogens is 1. The predicted octanol–water partition coefficient (Wildman–Crippen LogP) is 4.55. The Morgan fingerprint density at radius 1 is 1.10 bits per heavy atom. The van der Waals surface area contributed by atoms with E-state index in [9.17, 15) is 14.3 Å². The van der Waals surface area contributed by atoms with Crippen molar-refractivity contribution in [3.63, 3.8) is 0 Å². The van der Waals surface area contributed by atoms with Crippen molar-refractivity contribution in [2.45, 2.75) is 19.3 Å². The average molecular weight is 420 g/mol. The van der Waals surface area contributed by atoms with Crippen molar-refractivity contribution in [2.75, 3.05) is 37.6 Å². The van der Waals surface area contributed by atoms with E-state index in [0.29, 0.717) is 5.56 Å². The fourth-order valence-electron chi connectivity index (χ4n) is 4.83. The van der Waals surface area contributed by atoms with E-state index in [4.69, 9.17) is 0 Å². The number of anilines is 1. The van der Waals surface area contributed by atoms with Crippen LogP contribution in [0.1, 0.15) is 34.3 Å². The van der Waals surface area contributed by atoms with Crippen LogP contribution in [0.3, 0.4) is 0 Å². The SMILES string of the molecule is O=C(O)c1ccc2c(c1)CCCN2CCN1CC=C(c2c[nH]c3cc(F)ccc23)CC1. The normalized spacial score (nSPS) is 16.9. The molecule has 31 heavy (non-hydrogen) atoms. The minimum atomic E-state index is -0.865. The number of H-pyrrole nitrogens is 1. The molecule has 2 aliphatic heterocycles. The molecule has 1 aromatic heterocycles. The van der Waals surface area contributed by atoms with Crippen LogP contribution >= 0.6 is 0 Å². The van der Waals surface area contributed by atoms with Crippen molar-refractivity contribution in [3.05, 3.63) is 71.2 Å². The number of aromatic amines is 1. The van der Waals surface area contributed by atoms with Crippen molar-refractivity contribution in [3.8, 4) is 0 Å². The van der Waals surface area contributed by atoms with Crippen LogP contribution in [0.15, 0.2) is 48.7 Å². The summed E-state index contributed by atoms with van der Waals surface area (Å²) in [7, 11) is 0. The number of carboxylic acids is 1. The summed E-state index contributed by atoms with van der Waals surface area (Å²) in [6, 6.07) is 10.4. The summed E-state index contributed by atoms with van der Waals surface area (Å²) in [5.41, 5.74) is 6.02. The van der Waals surface area contributed by atoms with Gasteiger partial charge in [-0.15, -0.1) is 0 Å². The highest BCUT2D eigenvalue weighted by atomic mass is 19.1. The number of carboxylic acid groups (broad SMARTS) is 1. The first-order valence-electron chi connectivity index (χ1n) is 10.9. The lowest BCUT2D eigenvalue weighted by atomic mass is 9.98. The van der Waals surface area contributed by atoms with Gasteiger partial charge in [0.2, 0.25) is 0 Å². The molecule has 160 valence electrons. The van der Waals surface area contributed by atoms with Gasteiger partial charge in [-0.05, 0) is 66.8 Å². The van der Waals surface area contributed by atoms with Gasteiger partial charge < -0.3 is 15.0 Å². The molecule has 2 N–H and O–H groups in total. The second-order valence-electron chi connectivity index (χ2n) is 8.41. The number of hydrogen-bond donors (Lipinski definition) is 2. The molecular formula is C25H26FN3O2. The molecule has 0 saturated carbocycles. The molecule has 2 aliphatic rings. The van der Waals surface area contributed by atoms with Crippen LogP contribution in [0.5, 0.6) is 0 Å². The molecule has 0 unspecified atom stereocenters. The maximum Gasteiger partial charge on any atom is 0.335 e. The molecule has 6 heteroatoms. The molecule has 3 heterocycles. The molecule has 0 bridgehead atoms. The van der Waals surface area contributed by atoms with Crippen molar-refractivity contribution in [2.24, 2.45) is 0 Å². The van der Waals surface area contributed by atoms with E-state index in [1.54, 1.807) is 12.1 Å². The van der Waals surface area contributed by atoms with E-state index >= 15 is 0 Å². The van der Waals surface area contributed by atoms with E-state index in [1.807, 2.05) is 24.4 Å². The Morgan fingerprint density at radius 3 is 2.81 bits per heavy atom. The Hall–Kier alpha value is -3.12. The average Bonchev–Trinajstić information content (AvgIpc) is 3.20. The van der Waals surface area contributed by atoms with Gasteiger partial charge in [-0.1, -0.05) is 6.08 Å². The number of carbonyl (C=O) groups is 1. The highest BCUT2D eigenvalue weighted by Gasteiger charge is 2.20. The number of benzene rings is 2. The number of nitrogens with one attached hydrogen (secondary N) is 1. The van der Waals surface area contributed by atoms with Crippen molar-refractivity contribution in [1.82, 2.24) is 9.88 Å². The summed E-state index contributed by atoms with van der Waals surface area (Å²) in [5, 5.41) is 10.3. The third-order valence-electron chi connectivity index (χ3n) is 6.51. The zero-order valence-corrected chi connectivity index (χ0v) is 17.4. The number of nitrogens with zero attached hydrogens (tertiary/aromatic N) is 2. The Balaban J connectivity index is 1.23. The Morgan fingerprint density at radius 2 is 2.00 bits per heavy atom. The van der Waals surface area contributed by atoms with Gasteiger partial charge in [0.1, 0.15) is 5.82 Å². The van der Waals surface area contributed by atoms with Gasteiger partial charge in [-0.3, -0.25) is 4.90 Å². The predicted molar refractivity (Wildman–Crippen MR) is 121 cm³/mol. The van der Waals surface area contributed by atoms with Gasteiger partial charge in [0.05, 0.1) is 5.56 Å². The number of halogens is 1. The minimum Gasteiger partial charge on any atom is -0.478 e. The maximum atomic E-state index is 13.5. The quantitative estimate of drug-likeness (QED) is 0.637. The lowest BCUT2D eigenvalue weighted by Gasteiger charge is -2.34. The number of aromatic carboxylic acids is 1. The Kier molecular flexibility index (Phi) is 5.24. The lowest BCUT2D eigenvalue weighted by molar-refractivity contribution is 0.0696. The zero-order chi connectivity index (χ0) is 21.4. The summed E-state index contributed by atoms with van der Waals surface area (Å²) in [6.07, 6.45) is 7.25. The molecular weight excluding hydrogens is 393 g/mol. The lowest BCUT2D eigenvalue weighted by Crippen LogP contribution is -2.39. The molecule has 0 amide bonds. The molecule has 2 aromatic carbocycles. The molecule has 0 radical (unpaired) electrons. The van der Waals surface area contributed by atoms with Gasteiger partial charge in [0.25, 0.3) is 0 Å². The first-order valence-corrected chi connectivity index (χ1v) is 10.9. The highest BCUT2D eigenvalue weighted by Crippen LogP contribution is 2.30. The van der Waals surface area contributed by atoms with E-state index in [1.165, 1.54) is 22.9 Å². The van der Waals surface area contributed by atoms with E-state index in [0.717, 1.165) is 68.5 Å². The summed E-state index contributed by atoms with van der Waals surface area (Å²) >= 11 is 0. The molecule has 3 aromatic rings. The fourth-order valence-corrected chi connectivity index (χ4v) is 4.83. The van der Waals surface area contributed by atoms with Crippen molar-refractivity contribution < 1.29 is 14.3 Å². The molecule has 0 atom stereocenters. The first-order chi connectivity index (χ1) is 15.1. The highest BCUT2D eigenvalue weighted by molar-refractivity contribution is 5.93. The number of hydrogen-bond acceptors (Lipinski definition) is 3. The van der Waals surface area contributed by atoms with Crippen molar-refractivity contribution >= 4 is 28.1 Å². The second kappa shape index (κ2) is 8.19. The molecule has 0 spiro atoms. The van der Waals surface area contributed by atoms with Gasteiger partial charge in [0.15, 0.2) is 0 Å². The summed E-state index contributed by atoms with van der Waals surface area (Å²) < 4.78 is 13.5. The zero-order valence-electron chi connectivity index (χ0n) is 17.4. The Labute approximate surface area is 180 Å². The monoisotopic (exact) mass is 419 g/mol. The number of aryl methyl sites for hydroxylation is 1. The number of fused-ring (bicyclic) bond motifs is 2. The third kappa shape index (κ3) is 3.95. The minimum absolute atomic E-state index is 0.219. The van der Waals surface area contributed by atoms with E-state index in [-0.39, 0.29) is 5.82 Å². The van der Waals surface area contributed by atoms with Crippen LogP contribution in [-0.2, 0) is 6.42 Å². The second-order valence-corrected chi connectivity index (χ2v) is 8.41. The third-order valence-corrected chi connectivity index (χ3v) is 6.51. The van der Waals surface area contributed by atoms with Gasteiger partial charge in [-0.25, -0.2) is 9.18 Å². The molecule has 0 aliphatic carbocycles. The van der Waals surface area contributed by atoms with E-state index < -0.39 is 5.97 Å². The molecule has 5 rings (SSSR count). The molecule has 5 nitrogen and oxygen atoms in total. The summed E-state index contributed by atoms with van der Waals surface area (Å²) in [4.78, 5) is 19.3. The summed E-state index contributed by atoms with van der Waals surface area (Å²) in [5.74, 6) is -1.08. The van der Waals surface area contributed by atoms with Crippen LogP contribution < -0.4 is 4.90 Å². The van der Waals surface area contributed by atoms with Crippen LogP contribution in [0.2, 0.25) is 0 Å². The van der Waals surface area contributed by atoms with Crippen LogP contribution in [-0.4, -0.2) is 53.7 Å². The number of rotatable bonds is 5. The van der Waals surface area contributed by atoms with Crippen LogP contribution in [0, 0.1) is 5.82 Å². The van der Waals surface area contributed by atoms with Gasteiger partial charge >= 0.3 is 5.97 Å². The van der Waals surface area contributed by atoms with Gasteiger partial charge in [0, 0.05) is 61.1 Å². The molecule has 0 saturated heterocycles. The van der Waals surface area contributed by atoms with E-state index in [2.05, 4.69) is 20.9 Å². The topological polar surface area (TPSA) is 59.6 Å². The maximum absolute atomic E-state index is 13.5. The van der Waals surface area contributed by atoms with Crippen molar-refractivity contribution in [1.29, 1.82) is 0 Å². The molecule has 0 fully saturated rings. The fraction of sp³-hybridized carbons (Fsp3) is 0.320. The standard InChI is InChI=1S/C25H26FN3O2/c26-20-4-5-21-22(16-27-23(21)15-20)17-7-10-28(11-8-17)12-13-29-9-1-2-18-14-19(25(30)31)3-6-24(18)29/h3-7,14-16,27H,1-2,8-13H2,(H,30,31). The smallest absolute Gasteiger partial charge is 0.335 e. The van der Waals surface area contributed by atoms with Gasteiger partial charge in [-0.2, -0.15) is 0 Å². The Bertz CT molecular complexity index is 1170. The summed E-state index contributed by atoms with van der Waals surface area (Å²) in [6.45, 7) is 4.83. The first kappa shape index (κ1) is 19.8. The largest absolute Gasteiger partial charge is 0.478 e.